The molecule has 2 saturated carbocycles. The lowest BCUT2D eigenvalue weighted by Gasteiger charge is -2.40. The minimum absolute atomic E-state index is 0.0902. The van der Waals surface area contributed by atoms with E-state index in [0.717, 1.165) is 25.6 Å². The SMILES string of the molecule is CC1(C)CCC(O)C(CN(Cc2cccs2)C2CC2)C1. The molecule has 3 rings (SSSR count). The molecule has 2 nitrogen and oxygen atoms in total. The first kappa shape index (κ1) is 14.6. The van der Waals surface area contributed by atoms with E-state index in [-0.39, 0.29) is 6.10 Å². The Bertz CT molecular complexity index is 424. The third-order valence-corrected chi connectivity index (χ3v) is 5.81. The second-order valence-corrected chi connectivity index (χ2v) is 8.51. The van der Waals surface area contributed by atoms with Crippen molar-refractivity contribution < 1.29 is 5.11 Å². The van der Waals surface area contributed by atoms with Crippen LogP contribution in [-0.2, 0) is 6.54 Å². The molecular weight excluding hydrogens is 266 g/mol. The molecule has 2 aliphatic rings. The summed E-state index contributed by atoms with van der Waals surface area (Å²) in [4.78, 5) is 4.09. The molecule has 1 N–H and O–H groups in total. The molecule has 3 heteroatoms. The van der Waals surface area contributed by atoms with Crippen LogP contribution in [0.5, 0.6) is 0 Å². The first-order chi connectivity index (χ1) is 9.53. The molecule has 0 spiro atoms. The number of nitrogens with zero attached hydrogens (tertiary/aromatic N) is 1. The second-order valence-electron chi connectivity index (χ2n) is 7.47. The molecular formula is C17H27NOS. The van der Waals surface area contributed by atoms with Gasteiger partial charge in [-0.25, -0.2) is 0 Å². The maximum atomic E-state index is 10.4. The van der Waals surface area contributed by atoms with Crippen LogP contribution < -0.4 is 0 Å². The van der Waals surface area contributed by atoms with E-state index in [0.29, 0.717) is 11.3 Å². The molecule has 2 aliphatic carbocycles. The van der Waals surface area contributed by atoms with Crippen molar-refractivity contribution in [1.29, 1.82) is 0 Å². The number of hydrogen-bond donors (Lipinski definition) is 1. The second kappa shape index (κ2) is 5.78. The monoisotopic (exact) mass is 293 g/mol. The van der Waals surface area contributed by atoms with Gasteiger partial charge in [0.25, 0.3) is 0 Å². The van der Waals surface area contributed by atoms with Gasteiger partial charge in [0.1, 0.15) is 0 Å². The van der Waals surface area contributed by atoms with Crippen LogP contribution in [0, 0.1) is 11.3 Å². The average Bonchev–Trinajstić information content (AvgIpc) is 3.12. The fourth-order valence-electron chi connectivity index (χ4n) is 3.59. The fraction of sp³-hybridized carbons (Fsp3) is 0.765. The van der Waals surface area contributed by atoms with Gasteiger partial charge in [-0.3, -0.25) is 4.90 Å². The van der Waals surface area contributed by atoms with Gasteiger partial charge in [-0.05, 0) is 54.9 Å². The van der Waals surface area contributed by atoms with Crippen molar-refractivity contribution in [2.45, 2.75) is 64.6 Å². The van der Waals surface area contributed by atoms with Gasteiger partial charge >= 0.3 is 0 Å². The smallest absolute Gasteiger partial charge is 0.0581 e. The highest BCUT2D eigenvalue weighted by atomic mass is 32.1. The summed E-state index contributed by atoms with van der Waals surface area (Å²) in [5.41, 5.74) is 0.405. The molecule has 0 radical (unpaired) electrons. The predicted molar refractivity (Wildman–Crippen MR) is 84.9 cm³/mol. The lowest BCUT2D eigenvalue weighted by Crippen LogP contribution is -2.41. The van der Waals surface area contributed by atoms with Crippen molar-refractivity contribution in [1.82, 2.24) is 4.90 Å². The molecule has 0 amide bonds. The van der Waals surface area contributed by atoms with Crippen molar-refractivity contribution in [3.05, 3.63) is 22.4 Å². The van der Waals surface area contributed by atoms with Crippen LogP contribution in [0.25, 0.3) is 0 Å². The Morgan fingerprint density at radius 3 is 2.80 bits per heavy atom. The zero-order valence-corrected chi connectivity index (χ0v) is 13.5. The zero-order chi connectivity index (χ0) is 14.2. The molecule has 1 aromatic heterocycles. The van der Waals surface area contributed by atoms with E-state index < -0.39 is 0 Å². The highest BCUT2D eigenvalue weighted by Gasteiger charge is 2.37. The third-order valence-electron chi connectivity index (χ3n) is 4.95. The highest BCUT2D eigenvalue weighted by Crippen LogP contribution is 2.40. The Morgan fingerprint density at radius 2 is 2.15 bits per heavy atom. The fourth-order valence-corrected chi connectivity index (χ4v) is 4.32. The summed E-state index contributed by atoms with van der Waals surface area (Å²) in [6.45, 7) is 6.86. The Morgan fingerprint density at radius 1 is 1.35 bits per heavy atom. The minimum atomic E-state index is -0.0902. The van der Waals surface area contributed by atoms with E-state index in [1.54, 1.807) is 0 Å². The van der Waals surface area contributed by atoms with Crippen molar-refractivity contribution in [3.63, 3.8) is 0 Å². The zero-order valence-electron chi connectivity index (χ0n) is 12.7. The maximum Gasteiger partial charge on any atom is 0.0581 e. The van der Waals surface area contributed by atoms with Gasteiger partial charge in [-0.2, -0.15) is 0 Å². The first-order valence-corrected chi connectivity index (χ1v) is 8.86. The quantitative estimate of drug-likeness (QED) is 0.890. The summed E-state index contributed by atoms with van der Waals surface area (Å²) in [5, 5.41) is 12.5. The molecule has 2 atom stereocenters. The predicted octanol–water partition coefficient (Wildman–Crippen LogP) is 3.90. The molecule has 20 heavy (non-hydrogen) atoms. The molecule has 1 heterocycles. The van der Waals surface area contributed by atoms with Gasteiger partial charge in [0.2, 0.25) is 0 Å². The van der Waals surface area contributed by atoms with Gasteiger partial charge in [0.15, 0.2) is 0 Å². The number of thiophene rings is 1. The van der Waals surface area contributed by atoms with E-state index in [1.165, 1.54) is 30.6 Å². The van der Waals surface area contributed by atoms with Crippen LogP contribution >= 0.6 is 11.3 Å². The van der Waals surface area contributed by atoms with Crippen LogP contribution in [0.4, 0.5) is 0 Å². The lowest BCUT2D eigenvalue weighted by atomic mass is 9.70. The van der Waals surface area contributed by atoms with Gasteiger partial charge < -0.3 is 5.11 Å². The standard InChI is InChI=1S/C17H27NOS/c1-17(2)8-7-16(19)13(10-17)11-18(14-5-6-14)12-15-4-3-9-20-15/h3-4,9,13-14,16,19H,5-8,10-12H2,1-2H3. The summed E-state index contributed by atoms with van der Waals surface area (Å²) in [5.74, 6) is 0.458. The lowest BCUT2D eigenvalue weighted by molar-refractivity contribution is 0.00171. The Labute approximate surface area is 126 Å². The van der Waals surface area contributed by atoms with Crippen LogP contribution in [0.2, 0.25) is 0 Å². The highest BCUT2D eigenvalue weighted by molar-refractivity contribution is 7.09. The largest absolute Gasteiger partial charge is 0.393 e. The average molecular weight is 293 g/mol. The number of aliphatic hydroxyl groups excluding tert-OH is 1. The van der Waals surface area contributed by atoms with Gasteiger partial charge in [0, 0.05) is 24.0 Å². The van der Waals surface area contributed by atoms with E-state index in [2.05, 4.69) is 36.3 Å². The maximum absolute atomic E-state index is 10.4. The Kier molecular flexibility index (Phi) is 4.21. The summed E-state index contributed by atoms with van der Waals surface area (Å²) in [6, 6.07) is 5.15. The van der Waals surface area contributed by atoms with Crippen molar-refractivity contribution in [2.75, 3.05) is 6.54 Å². The van der Waals surface area contributed by atoms with Crippen molar-refractivity contribution in [2.24, 2.45) is 11.3 Å². The topological polar surface area (TPSA) is 23.5 Å². The number of rotatable bonds is 5. The van der Waals surface area contributed by atoms with Gasteiger partial charge in [-0.1, -0.05) is 19.9 Å². The van der Waals surface area contributed by atoms with Crippen LogP contribution in [0.15, 0.2) is 17.5 Å². The molecule has 0 saturated heterocycles. The molecule has 0 bridgehead atoms. The van der Waals surface area contributed by atoms with Crippen molar-refractivity contribution >= 4 is 11.3 Å². The Balaban J connectivity index is 1.63. The summed E-state index contributed by atoms with van der Waals surface area (Å²) < 4.78 is 0. The van der Waals surface area contributed by atoms with Crippen LogP contribution in [-0.4, -0.2) is 28.7 Å². The van der Waals surface area contributed by atoms with E-state index in [9.17, 15) is 5.11 Å². The summed E-state index contributed by atoms with van der Waals surface area (Å²) in [6.07, 6.45) is 5.91. The molecule has 2 unspecified atom stereocenters. The van der Waals surface area contributed by atoms with E-state index in [4.69, 9.17) is 0 Å². The molecule has 2 fully saturated rings. The normalized spacial score (nSPS) is 29.8. The minimum Gasteiger partial charge on any atom is -0.393 e. The third kappa shape index (κ3) is 3.63. The van der Waals surface area contributed by atoms with Gasteiger partial charge in [0.05, 0.1) is 6.10 Å². The summed E-state index contributed by atoms with van der Waals surface area (Å²) >= 11 is 1.85. The Hall–Kier alpha value is -0.380. The molecule has 0 aliphatic heterocycles. The summed E-state index contributed by atoms with van der Waals surface area (Å²) in [7, 11) is 0. The molecule has 112 valence electrons. The van der Waals surface area contributed by atoms with E-state index in [1.807, 2.05) is 11.3 Å². The first-order valence-electron chi connectivity index (χ1n) is 7.98. The van der Waals surface area contributed by atoms with E-state index >= 15 is 0 Å². The van der Waals surface area contributed by atoms with Crippen molar-refractivity contribution in [3.8, 4) is 0 Å². The number of aliphatic hydroxyl groups is 1. The molecule has 0 aromatic carbocycles. The van der Waals surface area contributed by atoms with Gasteiger partial charge in [-0.15, -0.1) is 11.3 Å². The van der Waals surface area contributed by atoms with Crippen LogP contribution in [0.3, 0.4) is 0 Å². The number of hydrogen-bond acceptors (Lipinski definition) is 3. The van der Waals surface area contributed by atoms with Crippen LogP contribution in [0.1, 0.15) is 50.8 Å². The molecule has 1 aromatic rings.